The number of allylic oxidation sites excluding steroid dienone is 1. The molecule has 1 atom stereocenters. The normalized spacial score (nSPS) is 18.1. The van der Waals surface area contributed by atoms with Crippen LogP contribution in [0.5, 0.6) is 0 Å². The summed E-state index contributed by atoms with van der Waals surface area (Å²) in [6, 6.07) is 15.7. The molecule has 0 saturated carbocycles. The Morgan fingerprint density at radius 2 is 1.74 bits per heavy atom. The second-order valence-electron chi connectivity index (χ2n) is 8.70. The molecule has 1 aliphatic heterocycles. The molecule has 31 heavy (non-hydrogen) atoms. The van der Waals surface area contributed by atoms with Crippen LogP contribution in [0.2, 0.25) is 0 Å². The summed E-state index contributed by atoms with van der Waals surface area (Å²) in [5.41, 5.74) is 2.27. The lowest BCUT2D eigenvalue weighted by Crippen LogP contribution is -2.07. The predicted molar refractivity (Wildman–Crippen MR) is 124 cm³/mol. The number of non-ortho nitro benzene ring substituents is 1. The number of nitro groups is 1. The maximum Gasteiger partial charge on any atom is 0.269 e. The zero-order valence-electron chi connectivity index (χ0n) is 18.3. The Labute approximate surface area is 184 Å². The average molecular weight is 443 g/mol. The quantitative estimate of drug-likeness (QED) is 0.159. The van der Waals surface area contributed by atoms with Crippen LogP contribution in [-0.4, -0.2) is 30.7 Å². The van der Waals surface area contributed by atoms with E-state index in [-0.39, 0.29) is 21.9 Å². The molecule has 2 aromatic rings. The first-order valence-electron chi connectivity index (χ1n) is 10.6. The summed E-state index contributed by atoms with van der Waals surface area (Å²) in [6.45, 7) is 6.38. The molecule has 3 rings (SSSR count). The number of sulfone groups is 1. The molecule has 0 amide bonds. The third-order valence-electron chi connectivity index (χ3n) is 6.07. The summed E-state index contributed by atoms with van der Waals surface area (Å²) in [5, 5.41) is 10.8. The van der Waals surface area contributed by atoms with Gasteiger partial charge in [-0.2, -0.15) is 0 Å². The Morgan fingerprint density at radius 3 is 2.35 bits per heavy atom. The van der Waals surface area contributed by atoms with Crippen LogP contribution in [0.4, 0.5) is 11.4 Å². The minimum atomic E-state index is -3.28. The molecule has 7 heteroatoms. The summed E-state index contributed by atoms with van der Waals surface area (Å²) in [6.07, 6.45) is 5.81. The van der Waals surface area contributed by atoms with Crippen LogP contribution in [0.25, 0.3) is 0 Å². The minimum Gasteiger partial charge on any atom is -0.359 e. The van der Waals surface area contributed by atoms with Crippen molar-refractivity contribution in [1.82, 2.24) is 0 Å². The van der Waals surface area contributed by atoms with E-state index in [1.807, 2.05) is 31.2 Å². The number of benzene rings is 2. The van der Waals surface area contributed by atoms with Crippen LogP contribution in [-0.2, 0) is 9.84 Å². The van der Waals surface area contributed by atoms with Gasteiger partial charge in [0.05, 0.1) is 27.2 Å². The van der Waals surface area contributed by atoms with E-state index in [0.717, 1.165) is 36.9 Å². The van der Waals surface area contributed by atoms with Gasteiger partial charge in [0, 0.05) is 17.8 Å². The summed E-state index contributed by atoms with van der Waals surface area (Å²) in [5.74, 6) is 0.0342. The lowest BCUT2D eigenvalue weighted by atomic mass is 10.0. The van der Waals surface area contributed by atoms with E-state index in [4.69, 9.17) is 0 Å². The molecule has 0 spiro atoms. The molecular weight excluding hydrogens is 412 g/mol. The number of anilines is 1. The standard InChI is InChI=1S/C24H30N2O4S/c1-19(17-18-31(29,30)22-10-5-4-6-11-22)9-7-8-12-23-24(2,3)25(23)20-13-15-21(16-14-20)26(27)28/h4-6,10-11,13-17,23H,7-9,12,18H2,1-3H3/b19-17+/t23-,25?/m1/s1. The molecule has 166 valence electrons. The van der Waals surface area contributed by atoms with E-state index >= 15 is 0 Å². The number of rotatable bonds is 10. The smallest absolute Gasteiger partial charge is 0.269 e. The summed E-state index contributed by atoms with van der Waals surface area (Å²) >= 11 is 0. The summed E-state index contributed by atoms with van der Waals surface area (Å²) in [4.78, 5) is 13.1. The Hall–Kier alpha value is -2.67. The zero-order valence-corrected chi connectivity index (χ0v) is 19.1. The molecule has 1 saturated heterocycles. The van der Waals surface area contributed by atoms with Gasteiger partial charge in [-0.3, -0.25) is 10.1 Å². The van der Waals surface area contributed by atoms with E-state index in [2.05, 4.69) is 18.7 Å². The van der Waals surface area contributed by atoms with Crippen molar-refractivity contribution in [2.24, 2.45) is 0 Å². The number of nitro benzene ring substituents is 1. The highest BCUT2D eigenvalue weighted by atomic mass is 32.2. The number of hydrogen-bond donors (Lipinski definition) is 0. The molecule has 0 N–H and O–H groups in total. The minimum absolute atomic E-state index is 0.0342. The lowest BCUT2D eigenvalue weighted by Gasteiger charge is -2.08. The van der Waals surface area contributed by atoms with Crippen LogP contribution >= 0.6 is 0 Å². The van der Waals surface area contributed by atoms with Crippen LogP contribution in [0.3, 0.4) is 0 Å². The molecular formula is C24H30N2O4S. The van der Waals surface area contributed by atoms with Crippen LogP contribution < -0.4 is 4.90 Å². The van der Waals surface area contributed by atoms with E-state index in [0.29, 0.717) is 10.9 Å². The fourth-order valence-corrected chi connectivity index (χ4v) is 5.39. The van der Waals surface area contributed by atoms with Crippen molar-refractivity contribution in [3.05, 3.63) is 76.4 Å². The fourth-order valence-electron chi connectivity index (χ4n) is 4.12. The second kappa shape index (κ2) is 9.22. The monoisotopic (exact) mass is 442 g/mol. The van der Waals surface area contributed by atoms with E-state index < -0.39 is 9.84 Å². The van der Waals surface area contributed by atoms with Gasteiger partial charge in [0.2, 0.25) is 0 Å². The largest absolute Gasteiger partial charge is 0.359 e. The van der Waals surface area contributed by atoms with Crippen molar-refractivity contribution < 1.29 is 13.3 Å². The second-order valence-corrected chi connectivity index (χ2v) is 10.7. The first kappa shape index (κ1) is 23.0. The van der Waals surface area contributed by atoms with Gasteiger partial charge in [-0.05, 0) is 64.3 Å². The third-order valence-corrected chi connectivity index (χ3v) is 7.67. The fraction of sp³-hybridized carbons (Fsp3) is 0.417. The third kappa shape index (κ3) is 5.53. The van der Waals surface area contributed by atoms with Crippen molar-refractivity contribution in [3.63, 3.8) is 0 Å². The number of nitrogens with zero attached hydrogens (tertiary/aromatic N) is 2. The van der Waals surface area contributed by atoms with Gasteiger partial charge in [0.15, 0.2) is 9.84 Å². The highest BCUT2D eigenvalue weighted by Crippen LogP contribution is 2.47. The molecule has 1 aliphatic rings. The average Bonchev–Trinajstić information content (AvgIpc) is 3.30. The Kier molecular flexibility index (Phi) is 6.84. The van der Waals surface area contributed by atoms with Crippen molar-refractivity contribution in [2.75, 3.05) is 10.7 Å². The van der Waals surface area contributed by atoms with Crippen molar-refractivity contribution >= 4 is 21.2 Å². The summed E-state index contributed by atoms with van der Waals surface area (Å²) in [7, 11) is -3.28. The highest BCUT2D eigenvalue weighted by Gasteiger charge is 2.54. The predicted octanol–water partition coefficient (Wildman–Crippen LogP) is 5.54. The van der Waals surface area contributed by atoms with E-state index in [9.17, 15) is 18.5 Å². The zero-order chi connectivity index (χ0) is 22.6. The SMILES string of the molecule is C/C(=C\CS(=O)(=O)c1ccccc1)CCCC[C@H]1N(c2ccc([N+](=O)[O-])cc2)C1(C)C. The Morgan fingerprint density at radius 1 is 1.10 bits per heavy atom. The molecule has 0 bridgehead atoms. The van der Waals surface area contributed by atoms with Crippen molar-refractivity contribution in [2.45, 2.75) is 62.9 Å². The molecule has 0 aromatic heterocycles. The maximum absolute atomic E-state index is 12.4. The van der Waals surface area contributed by atoms with Crippen molar-refractivity contribution in [1.29, 1.82) is 0 Å². The van der Waals surface area contributed by atoms with Gasteiger partial charge < -0.3 is 4.90 Å². The highest BCUT2D eigenvalue weighted by molar-refractivity contribution is 7.91. The van der Waals surface area contributed by atoms with Gasteiger partial charge in [0.25, 0.3) is 5.69 Å². The maximum atomic E-state index is 12.4. The first-order chi connectivity index (χ1) is 14.6. The van der Waals surface area contributed by atoms with Gasteiger partial charge >= 0.3 is 0 Å². The Bertz CT molecular complexity index is 1040. The molecule has 2 aromatic carbocycles. The molecule has 0 unspecified atom stereocenters. The number of hydrogen-bond acceptors (Lipinski definition) is 5. The van der Waals surface area contributed by atoms with Crippen LogP contribution in [0, 0.1) is 10.1 Å². The molecule has 0 radical (unpaired) electrons. The Balaban J connectivity index is 1.46. The van der Waals surface area contributed by atoms with Gasteiger partial charge in [0.1, 0.15) is 0 Å². The van der Waals surface area contributed by atoms with Gasteiger partial charge in [-0.25, -0.2) is 8.42 Å². The summed E-state index contributed by atoms with van der Waals surface area (Å²) < 4.78 is 24.8. The number of unbranched alkanes of at least 4 members (excludes halogenated alkanes) is 1. The van der Waals surface area contributed by atoms with E-state index in [1.54, 1.807) is 36.4 Å². The molecule has 1 fully saturated rings. The molecule has 0 aliphatic carbocycles. The molecule has 6 nitrogen and oxygen atoms in total. The van der Waals surface area contributed by atoms with E-state index in [1.165, 1.54) is 0 Å². The van der Waals surface area contributed by atoms with Crippen LogP contribution in [0.15, 0.2) is 71.1 Å². The van der Waals surface area contributed by atoms with Crippen molar-refractivity contribution in [3.8, 4) is 0 Å². The van der Waals surface area contributed by atoms with Gasteiger partial charge in [-0.15, -0.1) is 0 Å². The van der Waals surface area contributed by atoms with Crippen LogP contribution in [0.1, 0.15) is 46.5 Å². The lowest BCUT2D eigenvalue weighted by molar-refractivity contribution is -0.384. The van der Waals surface area contributed by atoms with Gasteiger partial charge in [-0.1, -0.05) is 36.3 Å². The molecule has 1 heterocycles. The first-order valence-corrected chi connectivity index (χ1v) is 12.3. The topological polar surface area (TPSA) is 80.3 Å².